The summed E-state index contributed by atoms with van der Waals surface area (Å²) in [5.74, 6) is 1.53. The highest BCUT2D eigenvalue weighted by Gasteiger charge is 2.24. The fraction of sp³-hybridized carbons (Fsp3) is 0.778. The third kappa shape index (κ3) is 1.96. The van der Waals surface area contributed by atoms with Crippen molar-refractivity contribution < 1.29 is 9.47 Å². The van der Waals surface area contributed by atoms with Crippen LogP contribution < -0.4 is 0 Å². The minimum atomic E-state index is 0.190. The Balaban J connectivity index is 2.48. The highest BCUT2D eigenvalue weighted by Crippen LogP contribution is 2.22. The Morgan fingerprint density at radius 1 is 1.73 bits per heavy atom. The van der Waals surface area contributed by atoms with E-state index in [1.165, 1.54) is 0 Å². The number of hydrogen-bond donors (Lipinski definition) is 0. The van der Waals surface area contributed by atoms with Gasteiger partial charge in [-0.25, -0.2) is 0 Å². The van der Waals surface area contributed by atoms with Crippen molar-refractivity contribution >= 4 is 0 Å². The summed E-state index contributed by atoms with van der Waals surface area (Å²) in [4.78, 5) is 0. The van der Waals surface area contributed by atoms with Crippen LogP contribution >= 0.6 is 0 Å². The summed E-state index contributed by atoms with van der Waals surface area (Å²) in [5.41, 5.74) is 0. The van der Waals surface area contributed by atoms with E-state index in [0.717, 1.165) is 12.4 Å². The van der Waals surface area contributed by atoms with Crippen molar-refractivity contribution in [3.8, 4) is 0 Å². The highest BCUT2D eigenvalue weighted by atomic mass is 16.5. The van der Waals surface area contributed by atoms with E-state index in [0.29, 0.717) is 12.5 Å². The van der Waals surface area contributed by atoms with E-state index in [1.54, 1.807) is 0 Å². The van der Waals surface area contributed by atoms with Gasteiger partial charge in [-0.1, -0.05) is 13.8 Å². The first-order chi connectivity index (χ1) is 5.25. The standard InChI is InChI=1S/C9H16O2/c1-4-10-8-5-6-11-9(8)7(2)3/h5,7,9H,4,6H2,1-3H3. The molecule has 0 aliphatic carbocycles. The van der Waals surface area contributed by atoms with E-state index in [9.17, 15) is 0 Å². The first-order valence-corrected chi connectivity index (χ1v) is 4.20. The maximum atomic E-state index is 5.46. The van der Waals surface area contributed by atoms with Gasteiger partial charge in [0, 0.05) is 0 Å². The molecule has 0 saturated carbocycles. The summed E-state index contributed by atoms with van der Waals surface area (Å²) in [6.45, 7) is 7.72. The summed E-state index contributed by atoms with van der Waals surface area (Å²) >= 11 is 0. The second-order valence-corrected chi connectivity index (χ2v) is 3.04. The van der Waals surface area contributed by atoms with E-state index in [2.05, 4.69) is 13.8 Å². The second kappa shape index (κ2) is 3.77. The Labute approximate surface area is 68.2 Å². The molecule has 0 N–H and O–H groups in total. The smallest absolute Gasteiger partial charge is 0.123 e. The van der Waals surface area contributed by atoms with Crippen LogP contribution in [-0.4, -0.2) is 19.3 Å². The SMILES string of the molecule is CCOC1=CCOC1C(C)C. The minimum Gasteiger partial charge on any atom is -0.496 e. The molecule has 64 valence electrons. The van der Waals surface area contributed by atoms with Gasteiger partial charge in [-0.05, 0) is 18.9 Å². The first kappa shape index (κ1) is 8.60. The molecule has 0 aromatic carbocycles. The van der Waals surface area contributed by atoms with Gasteiger partial charge in [-0.15, -0.1) is 0 Å². The van der Waals surface area contributed by atoms with Crippen molar-refractivity contribution in [1.82, 2.24) is 0 Å². The first-order valence-electron chi connectivity index (χ1n) is 4.20. The molecule has 0 saturated heterocycles. The van der Waals surface area contributed by atoms with Gasteiger partial charge in [0.15, 0.2) is 0 Å². The van der Waals surface area contributed by atoms with Crippen molar-refractivity contribution in [3.05, 3.63) is 11.8 Å². The molecule has 1 unspecified atom stereocenters. The average Bonchev–Trinajstić information content (AvgIpc) is 2.36. The summed E-state index contributed by atoms with van der Waals surface area (Å²) in [5, 5.41) is 0. The van der Waals surface area contributed by atoms with Crippen LogP contribution in [0.1, 0.15) is 20.8 Å². The van der Waals surface area contributed by atoms with Crippen molar-refractivity contribution in [1.29, 1.82) is 0 Å². The summed E-state index contributed by atoms with van der Waals surface area (Å²) in [7, 11) is 0. The van der Waals surface area contributed by atoms with Crippen molar-refractivity contribution in [2.75, 3.05) is 13.2 Å². The van der Waals surface area contributed by atoms with Gasteiger partial charge in [-0.3, -0.25) is 0 Å². The van der Waals surface area contributed by atoms with Crippen molar-refractivity contribution in [2.24, 2.45) is 5.92 Å². The van der Waals surface area contributed by atoms with Gasteiger partial charge in [0.1, 0.15) is 11.9 Å². The molecule has 0 fully saturated rings. The van der Waals surface area contributed by atoms with Crippen LogP contribution in [0.3, 0.4) is 0 Å². The molecule has 1 aliphatic rings. The second-order valence-electron chi connectivity index (χ2n) is 3.04. The van der Waals surface area contributed by atoms with Crippen LogP contribution in [0.5, 0.6) is 0 Å². The maximum Gasteiger partial charge on any atom is 0.123 e. The largest absolute Gasteiger partial charge is 0.496 e. The highest BCUT2D eigenvalue weighted by molar-refractivity contribution is 5.06. The van der Waals surface area contributed by atoms with Gasteiger partial charge in [-0.2, -0.15) is 0 Å². The molecular weight excluding hydrogens is 140 g/mol. The lowest BCUT2D eigenvalue weighted by atomic mass is 10.1. The Bertz CT molecular complexity index is 150. The molecule has 2 heteroatoms. The van der Waals surface area contributed by atoms with Crippen molar-refractivity contribution in [2.45, 2.75) is 26.9 Å². The lowest BCUT2D eigenvalue weighted by Crippen LogP contribution is -2.19. The summed E-state index contributed by atoms with van der Waals surface area (Å²) in [6.07, 6.45) is 2.21. The summed E-state index contributed by atoms with van der Waals surface area (Å²) < 4.78 is 10.9. The molecular formula is C9H16O2. The Morgan fingerprint density at radius 3 is 3.00 bits per heavy atom. The average molecular weight is 156 g/mol. The van der Waals surface area contributed by atoms with Crippen molar-refractivity contribution in [3.63, 3.8) is 0 Å². The number of hydrogen-bond acceptors (Lipinski definition) is 2. The molecule has 0 radical (unpaired) electrons. The minimum absolute atomic E-state index is 0.190. The van der Waals surface area contributed by atoms with Crippen LogP contribution in [-0.2, 0) is 9.47 Å². The maximum absolute atomic E-state index is 5.46. The topological polar surface area (TPSA) is 18.5 Å². The van der Waals surface area contributed by atoms with Gasteiger partial charge in [0.2, 0.25) is 0 Å². The summed E-state index contributed by atoms with van der Waals surface area (Å²) in [6, 6.07) is 0. The van der Waals surface area contributed by atoms with Gasteiger partial charge in [0.25, 0.3) is 0 Å². The molecule has 2 nitrogen and oxygen atoms in total. The van der Waals surface area contributed by atoms with E-state index in [-0.39, 0.29) is 6.10 Å². The van der Waals surface area contributed by atoms with Crippen LogP contribution in [0.25, 0.3) is 0 Å². The molecule has 0 spiro atoms. The van der Waals surface area contributed by atoms with Crippen LogP contribution in [0.15, 0.2) is 11.8 Å². The normalized spacial score (nSPS) is 24.0. The fourth-order valence-corrected chi connectivity index (χ4v) is 1.26. The zero-order chi connectivity index (χ0) is 8.27. The third-order valence-electron chi connectivity index (χ3n) is 1.76. The van der Waals surface area contributed by atoms with Crippen LogP contribution in [0, 0.1) is 5.92 Å². The molecule has 11 heavy (non-hydrogen) atoms. The van der Waals surface area contributed by atoms with E-state index < -0.39 is 0 Å². The number of rotatable bonds is 3. The molecule has 0 aromatic heterocycles. The zero-order valence-corrected chi connectivity index (χ0v) is 7.46. The van der Waals surface area contributed by atoms with E-state index in [1.807, 2.05) is 13.0 Å². The van der Waals surface area contributed by atoms with Gasteiger partial charge >= 0.3 is 0 Å². The molecule has 0 aromatic rings. The van der Waals surface area contributed by atoms with Gasteiger partial charge < -0.3 is 9.47 Å². The number of ether oxygens (including phenoxy) is 2. The molecule has 1 atom stereocenters. The van der Waals surface area contributed by atoms with E-state index in [4.69, 9.17) is 9.47 Å². The molecule has 0 bridgehead atoms. The Kier molecular flexibility index (Phi) is 2.94. The molecule has 0 amide bonds. The quantitative estimate of drug-likeness (QED) is 0.622. The Hall–Kier alpha value is -0.500. The fourth-order valence-electron chi connectivity index (χ4n) is 1.26. The van der Waals surface area contributed by atoms with E-state index >= 15 is 0 Å². The molecule has 1 rings (SSSR count). The predicted molar refractivity (Wildman–Crippen MR) is 44.3 cm³/mol. The Morgan fingerprint density at radius 2 is 2.45 bits per heavy atom. The predicted octanol–water partition coefficient (Wildman–Crippen LogP) is 1.96. The molecule has 1 aliphatic heterocycles. The third-order valence-corrected chi connectivity index (χ3v) is 1.76. The monoisotopic (exact) mass is 156 g/mol. The van der Waals surface area contributed by atoms with Crippen LogP contribution in [0.2, 0.25) is 0 Å². The zero-order valence-electron chi connectivity index (χ0n) is 7.46. The molecule has 1 heterocycles. The lowest BCUT2D eigenvalue weighted by Gasteiger charge is -2.17. The van der Waals surface area contributed by atoms with Crippen LogP contribution in [0.4, 0.5) is 0 Å². The lowest BCUT2D eigenvalue weighted by molar-refractivity contribution is 0.0456. The van der Waals surface area contributed by atoms with Gasteiger partial charge in [0.05, 0.1) is 13.2 Å².